The third kappa shape index (κ3) is 4.73. The highest BCUT2D eigenvalue weighted by Gasteiger charge is 2.50. The van der Waals surface area contributed by atoms with Crippen LogP contribution in [0, 0.1) is 5.92 Å². The van der Waals surface area contributed by atoms with Gasteiger partial charge in [-0.15, -0.1) is 0 Å². The molecule has 1 aromatic rings. The monoisotopic (exact) mass is 378 g/mol. The van der Waals surface area contributed by atoms with Crippen molar-refractivity contribution in [1.82, 2.24) is 16.0 Å². The topological polar surface area (TPSA) is 149 Å². The fourth-order valence-electron chi connectivity index (χ4n) is 2.39. The molecule has 0 aromatic heterocycles. The molecule has 1 aliphatic rings. The number of benzene rings is 1. The van der Waals surface area contributed by atoms with E-state index in [0.717, 1.165) is 5.56 Å². The molecule has 2 rings (SSSR count). The normalized spacial score (nSPS) is 20.4. The van der Waals surface area contributed by atoms with E-state index in [2.05, 4.69) is 16.0 Å². The van der Waals surface area contributed by atoms with Gasteiger partial charge in [0.2, 0.25) is 17.5 Å². The summed E-state index contributed by atoms with van der Waals surface area (Å²) in [6.07, 6.45) is -0.906. The first kappa shape index (κ1) is 20.2. The van der Waals surface area contributed by atoms with E-state index >= 15 is 0 Å². The Balaban J connectivity index is 2.02. The van der Waals surface area contributed by atoms with E-state index < -0.39 is 41.5 Å². The molecule has 0 bridgehead atoms. The number of methoxy groups -OCH3 is 1. The predicted molar refractivity (Wildman–Crippen MR) is 92.8 cm³/mol. The molecule has 10 nitrogen and oxygen atoms in total. The first-order valence-corrected chi connectivity index (χ1v) is 8.21. The molecule has 0 aliphatic carbocycles. The van der Waals surface area contributed by atoms with Crippen LogP contribution >= 0.6 is 0 Å². The molecule has 4 amide bonds. The lowest BCUT2D eigenvalue weighted by molar-refractivity contribution is -0.167. The Bertz CT molecular complexity index is 721. The summed E-state index contributed by atoms with van der Waals surface area (Å²) in [7, 11) is 1.26. The molecule has 1 aliphatic heterocycles. The zero-order valence-corrected chi connectivity index (χ0v) is 15.0. The Morgan fingerprint density at radius 1 is 1.30 bits per heavy atom. The second kappa shape index (κ2) is 8.49. The summed E-state index contributed by atoms with van der Waals surface area (Å²) in [6.45, 7) is 1.42. The Labute approximate surface area is 155 Å². The van der Waals surface area contributed by atoms with E-state index in [-0.39, 0.29) is 13.2 Å². The Kier molecular flexibility index (Phi) is 6.35. The van der Waals surface area contributed by atoms with Gasteiger partial charge in [-0.2, -0.15) is 0 Å². The number of alkyl carbamates (subject to hydrolysis) is 1. The third-order valence-corrected chi connectivity index (χ3v) is 4.26. The van der Waals surface area contributed by atoms with Crippen molar-refractivity contribution in [2.75, 3.05) is 13.7 Å². The van der Waals surface area contributed by atoms with E-state index in [0.29, 0.717) is 0 Å². The number of β-lactam (4-membered cyclic amide) rings is 1. The molecule has 27 heavy (non-hydrogen) atoms. The van der Waals surface area contributed by atoms with Gasteiger partial charge in [-0.25, -0.2) is 4.79 Å². The highest BCUT2D eigenvalue weighted by molar-refractivity contribution is 5.98. The van der Waals surface area contributed by atoms with Crippen LogP contribution < -0.4 is 21.7 Å². The zero-order valence-electron chi connectivity index (χ0n) is 15.0. The highest BCUT2D eigenvalue weighted by atomic mass is 16.5. The van der Waals surface area contributed by atoms with Gasteiger partial charge < -0.3 is 31.2 Å². The molecule has 0 spiro atoms. The quantitative estimate of drug-likeness (QED) is 0.336. The first-order valence-electron chi connectivity index (χ1n) is 8.21. The van der Waals surface area contributed by atoms with Crippen LogP contribution in [0.25, 0.3) is 0 Å². The summed E-state index contributed by atoms with van der Waals surface area (Å²) in [5.74, 6) is -3.18. The SMILES string of the molecule is COC1(NC(=O)C(NC(=O)OCc2ccccc2)C(C)C(N)=O)CNC1=O. The predicted octanol–water partition coefficient (Wildman–Crippen LogP) is -1.01. The Hall–Kier alpha value is -3.14. The summed E-state index contributed by atoms with van der Waals surface area (Å²) in [6, 6.07) is 7.58. The average Bonchev–Trinajstić information content (AvgIpc) is 2.67. The maximum atomic E-state index is 12.6. The van der Waals surface area contributed by atoms with Crippen LogP contribution in [0.4, 0.5) is 4.79 Å². The molecule has 1 heterocycles. The minimum Gasteiger partial charge on any atom is -0.445 e. The van der Waals surface area contributed by atoms with Crippen LogP contribution in [-0.4, -0.2) is 49.2 Å². The summed E-state index contributed by atoms with van der Waals surface area (Å²) in [5.41, 5.74) is 4.48. The first-order chi connectivity index (χ1) is 12.8. The minimum absolute atomic E-state index is 0.0175. The number of rotatable bonds is 8. The molecule has 0 saturated carbocycles. The smallest absolute Gasteiger partial charge is 0.408 e. The number of nitrogens with two attached hydrogens (primary N) is 1. The van der Waals surface area contributed by atoms with E-state index in [9.17, 15) is 19.2 Å². The summed E-state index contributed by atoms with van der Waals surface area (Å²) < 4.78 is 10.1. The van der Waals surface area contributed by atoms with Crippen molar-refractivity contribution in [2.45, 2.75) is 25.3 Å². The standard InChI is InChI=1S/C17H22N4O6/c1-10(13(18)22)12(14(23)21-17(26-2)9-19-15(17)24)20-16(25)27-8-11-6-4-3-5-7-11/h3-7,10,12H,8-9H2,1-2H3,(H2,18,22)(H,19,24)(H,20,25)(H,21,23). The van der Waals surface area contributed by atoms with Crippen molar-refractivity contribution < 1.29 is 28.7 Å². The molecule has 3 atom stereocenters. The lowest BCUT2D eigenvalue weighted by Gasteiger charge is -2.40. The van der Waals surface area contributed by atoms with Gasteiger partial charge in [0.1, 0.15) is 12.6 Å². The van der Waals surface area contributed by atoms with Crippen LogP contribution in [-0.2, 0) is 30.5 Å². The lowest BCUT2D eigenvalue weighted by atomic mass is 9.98. The van der Waals surface area contributed by atoms with Gasteiger partial charge in [-0.05, 0) is 5.56 Å². The van der Waals surface area contributed by atoms with Crippen LogP contribution in [0.3, 0.4) is 0 Å². The summed E-state index contributed by atoms with van der Waals surface area (Å²) in [4.78, 5) is 47.8. The summed E-state index contributed by atoms with van der Waals surface area (Å²) >= 11 is 0. The van der Waals surface area contributed by atoms with E-state index in [4.69, 9.17) is 15.2 Å². The van der Waals surface area contributed by atoms with Crippen LogP contribution in [0.5, 0.6) is 0 Å². The van der Waals surface area contributed by atoms with Crippen molar-refractivity contribution in [3.05, 3.63) is 35.9 Å². The fraction of sp³-hybridized carbons (Fsp3) is 0.412. The molecule has 5 N–H and O–H groups in total. The van der Waals surface area contributed by atoms with Crippen molar-refractivity contribution in [3.8, 4) is 0 Å². The highest BCUT2D eigenvalue weighted by Crippen LogP contribution is 2.15. The summed E-state index contributed by atoms with van der Waals surface area (Å²) in [5, 5.41) is 7.15. The number of hydrogen-bond donors (Lipinski definition) is 4. The Morgan fingerprint density at radius 2 is 1.96 bits per heavy atom. The molecule has 10 heteroatoms. The molecular weight excluding hydrogens is 356 g/mol. The number of carbonyl (C=O) groups is 4. The van der Waals surface area contributed by atoms with Crippen molar-refractivity contribution in [1.29, 1.82) is 0 Å². The second-order valence-electron chi connectivity index (χ2n) is 6.08. The van der Waals surface area contributed by atoms with Crippen molar-refractivity contribution in [3.63, 3.8) is 0 Å². The number of ether oxygens (including phenoxy) is 2. The molecule has 1 fully saturated rings. The number of nitrogens with one attached hydrogen (secondary N) is 3. The Morgan fingerprint density at radius 3 is 2.44 bits per heavy atom. The van der Waals surface area contributed by atoms with Crippen LogP contribution in [0.15, 0.2) is 30.3 Å². The largest absolute Gasteiger partial charge is 0.445 e. The third-order valence-electron chi connectivity index (χ3n) is 4.26. The van der Waals surface area contributed by atoms with Gasteiger partial charge in [-0.3, -0.25) is 14.4 Å². The molecular formula is C17H22N4O6. The van der Waals surface area contributed by atoms with Gasteiger partial charge in [0.25, 0.3) is 5.91 Å². The molecule has 0 radical (unpaired) electrons. The van der Waals surface area contributed by atoms with Gasteiger partial charge in [0.15, 0.2) is 0 Å². The van der Waals surface area contributed by atoms with Gasteiger partial charge in [0.05, 0.1) is 12.5 Å². The minimum atomic E-state index is -1.54. The molecule has 1 saturated heterocycles. The molecule has 3 unspecified atom stereocenters. The second-order valence-corrected chi connectivity index (χ2v) is 6.08. The maximum Gasteiger partial charge on any atom is 0.408 e. The number of amides is 4. The van der Waals surface area contributed by atoms with E-state index in [1.807, 2.05) is 6.07 Å². The zero-order chi connectivity index (χ0) is 20.0. The van der Waals surface area contributed by atoms with Gasteiger partial charge >= 0.3 is 6.09 Å². The van der Waals surface area contributed by atoms with E-state index in [1.165, 1.54) is 14.0 Å². The average molecular weight is 378 g/mol. The molecule has 146 valence electrons. The maximum absolute atomic E-state index is 12.6. The van der Waals surface area contributed by atoms with Crippen LogP contribution in [0.2, 0.25) is 0 Å². The van der Waals surface area contributed by atoms with Gasteiger partial charge in [-0.1, -0.05) is 37.3 Å². The number of primary amides is 1. The van der Waals surface area contributed by atoms with Gasteiger partial charge in [0, 0.05) is 7.11 Å². The van der Waals surface area contributed by atoms with Crippen molar-refractivity contribution in [2.24, 2.45) is 11.7 Å². The molecule has 1 aromatic carbocycles. The lowest BCUT2D eigenvalue weighted by Crippen LogP contribution is -2.75. The number of hydrogen-bond acceptors (Lipinski definition) is 6. The fourth-order valence-corrected chi connectivity index (χ4v) is 2.39. The van der Waals surface area contributed by atoms with Crippen LogP contribution in [0.1, 0.15) is 12.5 Å². The number of carbonyl (C=O) groups excluding carboxylic acids is 4. The van der Waals surface area contributed by atoms with Crippen molar-refractivity contribution >= 4 is 23.8 Å². The van der Waals surface area contributed by atoms with E-state index in [1.54, 1.807) is 24.3 Å².